The summed E-state index contributed by atoms with van der Waals surface area (Å²) in [5.74, 6) is -3.25. The molecular formula is C16H16NO4-. The molecule has 2 aliphatic heterocycles. The molecule has 2 aliphatic rings. The van der Waals surface area contributed by atoms with Gasteiger partial charge >= 0.3 is 0 Å². The third kappa shape index (κ3) is 2.34. The molecule has 4 atom stereocenters. The monoisotopic (exact) mass is 286 g/mol. The fraction of sp³-hybridized carbons (Fsp3) is 0.375. The van der Waals surface area contributed by atoms with E-state index in [1.165, 1.54) is 0 Å². The van der Waals surface area contributed by atoms with Gasteiger partial charge in [-0.2, -0.15) is 0 Å². The number of benzene rings is 1. The van der Waals surface area contributed by atoms with Crippen LogP contribution in [0.2, 0.25) is 0 Å². The first kappa shape index (κ1) is 13.8. The Balaban J connectivity index is 1.82. The van der Waals surface area contributed by atoms with Crippen molar-refractivity contribution in [2.75, 3.05) is 5.32 Å². The highest BCUT2D eigenvalue weighted by molar-refractivity contribution is 5.97. The number of carboxylic acids is 1. The summed E-state index contributed by atoms with van der Waals surface area (Å²) in [5, 5.41) is 14.1. The van der Waals surface area contributed by atoms with Crippen LogP contribution >= 0.6 is 0 Å². The molecule has 1 aromatic rings. The van der Waals surface area contributed by atoms with Gasteiger partial charge in [0.05, 0.1) is 18.1 Å². The number of hydrogen-bond donors (Lipinski definition) is 1. The van der Waals surface area contributed by atoms with E-state index in [9.17, 15) is 14.7 Å². The summed E-state index contributed by atoms with van der Waals surface area (Å²) in [6.07, 6.45) is 2.39. The lowest BCUT2D eigenvalue weighted by molar-refractivity contribution is -0.313. The van der Waals surface area contributed by atoms with Gasteiger partial charge < -0.3 is 20.0 Å². The van der Waals surface area contributed by atoms with Gasteiger partial charge in [-0.3, -0.25) is 4.79 Å². The molecule has 2 bridgehead atoms. The van der Waals surface area contributed by atoms with E-state index in [0.717, 1.165) is 11.1 Å². The molecule has 110 valence electrons. The largest absolute Gasteiger partial charge is 0.550 e. The van der Waals surface area contributed by atoms with Crippen LogP contribution in [0.1, 0.15) is 11.1 Å². The van der Waals surface area contributed by atoms with Crippen LogP contribution in [-0.4, -0.2) is 24.1 Å². The minimum absolute atomic E-state index is 0.340. The summed E-state index contributed by atoms with van der Waals surface area (Å²) < 4.78 is 5.47. The topological polar surface area (TPSA) is 78.5 Å². The number of hydrogen-bond acceptors (Lipinski definition) is 4. The number of fused-ring (bicyclic) bond motifs is 2. The Labute approximate surface area is 122 Å². The fourth-order valence-corrected chi connectivity index (χ4v) is 3.07. The first-order valence-electron chi connectivity index (χ1n) is 6.90. The van der Waals surface area contributed by atoms with Crippen LogP contribution in [0.5, 0.6) is 0 Å². The molecule has 0 spiro atoms. The van der Waals surface area contributed by atoms with E-state index in [1.54, 1.807) is 12.2 Å². The number of carboxylic acid groups (broad SMARTS) is 1. The predicted molar refractivity (Wildman–Crippen MR) is 74.3 cm³/mol. The van der Waals surface area contributed by atoms with Gasteiger partial charge in [0, 0.05) is 17.6 Å². The second-order valence-electron chi connectivity index (χ2n) is 5.63. The lowest BCUT2D eigenvalue weighted by atomic mass is 9.82. The number of carbonyl (C=O) groups is 2. The minimum atomic E-state index is -1.24. The molecule has 1 saturated heterocycles. The van der Waals surface area contributed by atoms with Crippen LogP contribution < -0.4 is 10.4 Å². The number of amides is 1. The van der Waals surface area contributed by atoms with Crippen molar-refractivity contribution in [3.8, 4) is 0 Å². The van der Waals surface area contributed by atoms with Crippen molar-refractivity contribution < 1.29 is 19.4 Å². The summed E-state index contributed by atoms with van der Waals surface area (Å²) in [6, 6.07) is 5.68. The molecule has 1 aromatic carbocycles. The molecule has 0 unspecified atom stereocenters. The molecule has 5 heteroatoms. The highest BCUT2D eigenvalue weighted by atomic mass is 16.5. The molecule has 5 nitrogen and oxygen atoms in total. The predicted octanol–water partition coefficient (Wildman–Crippen LogP) is 0.561. The van der Waals surface area contributed by atoms with Gasteiger partial charge in [-0.05, 0) is 25.5 Å². The molecule has 1 N–H and O–H groups in total. The second kappa shape index (κ2) is 5.00. The summed E-state index contributed by atoms with van der Waals surface area (Å²) in [5.41, 5.74) is 2.73. The normalized spacial score (nSPS) is 29.6. The third-order valence-corrected chi connectivity index (χ3v) is 4.11. The van der Waals surface area contributed by atoms with E-state index < -0.39 is 30.0 Å². The highest BCUT2D eigenvalue weighted by Crippen LogP contribution is 2.39. The molecule has 0 radical (unpaired) electrons. The molecule has 0 saturated carbocycles. The average Bonchev–Trinajstić information content (AvgIpc) is 3.02. The summed E-state index contributed by atoms with van der Waals surface area (Å²) in [6.45, 7) is 3.87. The third-order valence-electron chi connectivity index (χ3n) is 4.11. The highest BCUT2D eigenvalue weighted by Gasteiger charge is 2.50. The van der Waals surface area contributed by atoms with E-state index in [1.807, 2.05) is 32.0 Å². The number of carbonyl (C=O) groups excluding carboxylic acids is 2. The van der Waals surface area contributed by atoms with Crippen molar-refractivity contribution in [2.24, 2.45) is 11.8 Å². The lowest BCUT2D eigenvalue weighted by Crippen LogP contribution is -2.45. The molecule has 21 heavy (non-hydrogen) atoms. The number of aryl methyl sites for hydroxylation is 2. The Morgan fingerprint density at radius 2 is 1.81 bits per heavy atom. The van der Waals surface area contributed by atoms with Crippen LogP contribution in [0, 0.1) is 25.7 Å². The maximum absolute atomic E-state index is 12.4. The summed E-state index contributed by atoms with van der Waals surface area (Å²) in [7, 11) is 0. The van der Waals surface area contributed by atoms with Crippen LogP contribution in [0.15, 0.2) is 30.4 Å². The van der Waals surface area contributed by atoms with Crippen molar-refractivity contribution >= 4 is 17.6 Å². The van der Waals surface area contributed by atoms with Crippen LogP contribution in [0.4, 0.5) is 5.69 Å². The van der Waals surface area contributed by atoms with Gasteiger partial charge in [-0.25, -0.2) is 0 Å². The molecule has 3 rings (SSSR count). The van der Waals surface area contributed by atoms with E-state index in [4.69, 9.17) is 4.74 Å². The SMILES string of the molecule is Cc1ccc(NC(=O)[C@@H]2[C@@H](C(=O)[O-])[C@@H]3C=C[C@H]2O3)c(C)c1. The Morgan fingerprint density at radius 3 is 2.43 bits per heavy atom. The van der Waals surface area contributed by atoms with Crippen LogP contribution in [-0.2, 0) is 14.3 Å². The maximum atomic E-state index is 12.4. The first-order valence-corrected chi connectivity index (χ1v) is 6.90. The quantitative estimate of drug-likeness (QED) is 0.824. The molecule has 2 heterocycles. The Morgan fingerprint density at radius 1 is 1.14 bits per heavy atom. The van der Waals surface area contributed by atoms with Gasteiger partial charge in [-0.1, -0.05) is 29.8 Å². The Bertz CT molecular complexity index is 637. The van der Waals surface area contributed by atoms with E-state index in [0.29, 0.717) is 5.69 Å². The fourth-order valence-electron chi connectivity index (χ4n) is 3.07. The van der Waals surface area contributed by atoms with Gasteiger partial charge in [0.1, 0.15) is 0 Å². The molecule has 1 amide bonds. The van der Waals surface area contributed by atoms with E-state index in [2.05, 4.69) is 5.32 Å². The van der Waals surface area contributed by atoms with Gasteiger partial charge in [0.15, 0.2) is 0 Å². The second-order valence-corrected chi connectivity index (χ2v) is 5.63. The number of anilines is 1. The number of rotatable bonds is 3. The summed E-state index contributed by atoms with van der Waals surface area (Å²) >= 11 is 0. The molecule has 0 aromatic heterocycles. The van der Waals surface area contributed by atoms with Gasteiger partial charge in [-0.15, -0.1) is 0 Å². The molecule has 0 aliphatic carbocycles. The number of ether oxygens (including phenoxy) is 1. The molecule has 1 fully saturated rings. The Hall–Kier alpha value is -2.14. The van der Waals surface area contributed by atoms with Crippen molar-refractivity contribution in [2.45, 2.75) is 26.1 Å². The Kier molecular flexibility index (Phi) is 3.29. The minimum Gasteiger partial charge on any atom is -0.550 e. The maximum Gasteiger partial charge on any atom is 0.231 e. The van der Waals surface area contributed by atoms with E-state index >= 15 is 0 Å². The van der Waals surface area contributed by atoms with Crippen molar-refractivity contribution in [1.82, 2.24) is 0 Å². The van der Waals surface area contributed by atoms with Gasteiger partial charge in [0.25, 0.3) is 0 Å². The zero-order chi connectivity index (χ0) is 15.1. The van der Waals surface area contributed by atoms with Crippen molar-refractivity contribution in [3.05, 3.63) is 41.5 Å². The van der Waals surface area contributed by atoms with Gasteiger partial charge in [0.2, 0.25) is 5.91 Å². The lowest BCUT2D eigenvalue weighted by Gasteiger charge is -2.25. The number of nitrogens with one attached hydrogen (secondary N) is 1. The summed E-state index contributed by atoms with van der Waals surface area (Å²) in [4.78, 5) is 23.7. The van der Waals surface area contributed by atoms with E-state index in [-0.39, 0.29) is 5.91 Å². The van der Waals surface area contributed by atoms with Crippen LogP contribution in [0.3, 0.4) is 0 Å². The average molecular weight is 286 g/mol. The standard InChI is InChI=1S/C16H17NO4/c1-8-3-4-10(9(2)7-8)17-15(18)13-11-5-6-12(21-11)14(13)16(19)20/h3-7,11-14H,1-2H3,(H,17,18)(H,19,20)/p-1/t11-,12+,13+,14+/m1/s1. The van der Waals surface area contributed by atoms with Crippen molar-refractivity contribution in [3.63, 3.8) is 0 Å². The zero-order valence-corrected chi connectivity index (χ0v) is 11.8. The first-order chi connectivity index (χ1) is 9.97. The smallest absolute Gasteiger partial charge is 0.231 e. The van der Waals surface area contributed by atoms with Crippen LogP contribution in [0.25, 0.3) is 0 Å². The molecular weight excluding hydrogens is 270 g/mol. The van der Waals surface area contributed by atoms with Crippen molar-refractivity contribution in [1.29, 1.82) is 0 Å². The number of aliphatic carboxylic acids is 1. The zero-order valence-electron chi connectivity index (χ0n) is 11.8.